The molecular weight excluding hydrogens is 467 g/mol. The topological polar surface area (TPSA) is 66.0 Å². The molecule has 6 nitrogen and oxygen atoms in total. The van der Waals surface area contributed by atoms with Gasteiger partial charge >= 0.3 is 0 Å². The summed E-state index contributed by atoms with van der Waals surface area (Å²) in [6.07, 6.45) is 0.789. The molecule has 0 saturated heterocycles. The van der Waals surface area contributed by atoms with E-state index >= 15 is 0 Å². The molecule has 0 unspecified atom stereocenters. The largest absolute Gasteiger partial charge is 0.496 e. The molecule has 1 amide bonds. The number of para-hydroxylation sites is 1. The van der Waals surface area contributed by atoms with Crippen LogP contribution >= 0.6 is 24.0 Å². The normalized spacial score (nSPS) is 10.6. The van der Waals surface area contributed by atoms with Crippen LogP contribution in [-0.4, -0.2) is 51.1 Å². The van der Waals surface area contributed by atoms with E-state index in [1.54, 1.807) is 26.1 Å². The van der Waals surface area contributed by atoms with Crippen LogP contribution in [0.15, 0.2) is 59.6 Å². The third kappa shape index (κ3) is 8.16. The number of benzene rings is 2. The average Bonchev–Trinajstić information content (AvgIpc) is 2.70. The highest BCUT2D eigenvalue weighted by atomic mass is 127. The number of carbonyl (C=O) groups excluding carboxylic acids is 1. The van der Waals surface area contributed by atoms with Crippen LogP contribution in [0.3, 0.4) is 0 Å². The van der Waals surface area contributed by atoms with Crippen LogP contribution in [0.2, 0.25) is 0 Å². The maximum Gasteiger partial charge on any atom is 0.241 e. The van der Waals surface area contributed by atoms with Crippen LogP contribution in [0.1, 0.15) is 11.1 Å². The lowest BCUT2D eigenvalue weighted by Gasteiger charge is -2.15. The Balaban J connectivity index is 0.00000392. The van der Waals surface area contributed by atoms with Crippen molar-refractivity contribution in [3.8, 4) is 5.75 Å². The smallest absolute Gasteiger partial charge is 0.241 e. The first-order chi connectivity index (χ1) is 13.1. The molecule has 2 aromatic carbocycles. The van der Waals surface area contributed by atoms with Crippen molar-refractivity contribution in [1.82, 2.24) is 15.5 Å². The Hall–Kier alpha value is -2.29. The molecule has 0 aliphatic heterocycles. The molecule has 0 heterocycles. The van der Waals surface area contributed by atoms with Crippen LogP contribution in [-0.2, 0) is 17.8 Å². The van der Waals surface area contributed by atoms with Gasteiger partial charge < -0.3 is 20.3 Å². The summed E-state index contributed by atoms with van der Waals surface area (Å²) in [6, 6.07) is 18.0. The number of methoxy groups -OCH3 is 1. The summed E-state index contributed by atoms with van der Waals surface area (Å²) in [4.78, 5) is 18.0. The Kier molecular flexibility index (Phi) is 11.0. The first-order valence-corrected chi connectivity index (χ1v) is 8.98. The third-order valence-corrected chi connectivity index (χ3v) is 4.05. The van der Waals surface area contributed by atoms with E-state index in [9.17, 15) is 4.79 Å². The number of ether oxygens (including phenoxy) is 1. The van der Waals surface area contributed by atoms with Gasteiger partial charge in [0.05, 0.1) is 20.2 Å². The molecule has 2 rings (SSSR count). The maximum absolute atomic E-state index is 11.9. The Bertz CT molecular complexity index is 751. The number of amides is 1. The molecule has 0 atom stereocenters. The highest BCUT2D eigenvalue weighted by molar-refractivity contribution is 14.0. The second kappa shape index (κ2) is 13.0. The fraction of sp³-hybridized carbons (Fsp3) is 0.333. The van der Waals surface area contributed by atoms with Crippen molar-refractivity contribution in [2.24, 2.45) is 4.99 Å². The Morgan fingerprint density at radius 2 is 1.71 bits per heavy atom. The first kappa shape index (κ1) is 23.7. The molecule has 0 radical (unpaired) electrons. The van der Waals surface area contributed by atoms with Gasteiger partial charge in [0.2, 0.25) is 5.91 Å². The zero-order valence-electron chi connectivity index (χ0n) is 16.6. The van der Waals surface area contributed by atoms with Crippen molar-refractivity contribution in [2.75, 3.05) is 34.3 Å². The molecular formula is C21H29IN4O2. The van der Waals surface area contributed by atoms with Crippen LogP contribution < -0.4 is 15.4 Å². The highest BCUT2D eigenvalue weighted by Gasteiger charge is 2.07. The van der Waals surface area contributed by atoms with E-state index in [2.05, 4.69) is 15.6 Å². The number of carbonyl (C=O) groups is 1. The molecule has 0 bridgehead atoms. The molecule has 0 fully saturated rings. The van der Waals surface area contributed by atoms with Crippen molar-refractivity contribution < 1.29 is 9.53 Å². The summed E-state index contributed by atoms with van der Waals surface area (Å²) in [6.45, 7) is 1.42. The van der Waals surface area contributed by atoms with Crippen molar-refractivity contribution in [1.29, 1.82) is 0 Å². The van der Waals surface area contributed by atoms with Gasteiger partial charge in [0.1, 0.15) is 5.75 Å². The van der Waals surface area contributed by atoms with E-state index in [0.29, 0.717) is 19.0 Å². The van der Waals surface area contributed by atoms with E-state index in [1.165, 1.54) is 0 Å². The maximum atomic E-state index is 11.9. The summed E-state index contributed by atoms with van der Waals surface area (Å²) < 4.78 is 5.39. The number of rotatable bonds is 8. The van der Waals surface area contributed by atoms with Gasteiger partial charge in [0, 0.05) is 20.6 Å². The van der Waals surface area contributed by atoms with Crippen molar-refractivity contribution in [3.05, 3.63) is 65.7 Å². The number of nitrogens with zero attached hydrogens (tertiary/aromatic N) is 2. The summed E-state index contributed by atoms with van der Waals surface area (Å²) in [5, 5.41) is 6.40. The molecule has 152 valence electrons. The van der Waals surface area contributed by atoms with Crippen LogP contribution in [0.25, 0.3) is 0 Å². The first-order valence-electron chi connectivity index (χ1n) is 8.98. The van der Waals surface area contributed by atoms with Crippen LogP contribution in [0.5, 0.6) is 5.75 Å². The zero-order valence-corrected chi connectivity index (χ0v) is 19.0. The molecule has 0 spiro atoms. The monoisotopic (exact) mass is 496 g/mol. The van der Waals surface area contributed by atoms with Gasteiger partial charge in [-0.3, -0.25) is 4.79 Å². The van der Waals surface area contributed by atoms with E-state index in [-0.39, 0.29) is 36.4 Å². The predicted molar refractivity (Wildman–Crippen MR) is 124 cm³/mol. The average molecular weight is 496 g/mol. The minimum absolute atomic E-state index is 0. The summed E-state index contributed by atoms with van der Waals surface area (Å²) in [7, 11) is 5.15. The van der Waals surface area contributed by atoms with E-state index in [4.69, 9.17) is 4.74 Å². The lowest BCUT2D eigenvalue weighted by atomic mass is 10.1. The fourth-order valence-corrected chi connectivity index (χ4v) is 2.47. The molecule has 0 aromatic heterocycles. The number of nitrogens with one attached hydrogen (secondary N) is 2. The second-order valence-corrected chi connectivity index (χ2v) is 6.28. The van der Waals surface area contributed by atoms with Gasteiger partial charge in [-0.05, 0) is 23.6 Å². The number of aliphatic imine (C=N–C) groups is 1. The van der Waals surface area contributed by atoms with Crippen LogP contribution in [0.4, 0.5) is 0 Å². The number of halogens is 1. The molecule has 28 heavy (non-hydrogen) atoms. The quantitative estimate of drug-likeness (QED) is 0.335. The minimum atomic E-state index is -0.00561. The standard InChI is InChI=1S/C21H28N4O2.HI/c1-25(2)20(26)16-24-21(23-15-17-9-5-4-6-10-17)22-14-13-18-11-7-8-12-19(18)27-3;/h4-12H,13-16H2,1-3H3,(H2,22,23,24);1H. The lowest BCUT2D eigenvalue weighted by molar-refractivity contribution is -0.127. The van der Waals surface area contributed by atoms with Gasteiger partial charge in [0.25, 0.3) is 0 Å². The van der Waals surface area contributed by atoms with Gasteiger partial charge in [0.15, 0.2) is 5.96 Å². The van der Waals surface area contributed by atoms with Crippen molar-refractivity contribution in [3.63, 3.8) is 0 Å². The van der Waals surface area contributed by atoms with Gasteiger partial charge in [-0.2, -0.15) is 0 Å². The Labute approximate surface area is 184 Å². The summed E-state index contributed by atoms with van der Waals surface area (Å²) >= 11 is 0. The minimum Gasteiger partial charge on any atom is -0.496 e. The van der Waals surface area contributed by atoms with E-state index in [0.717, 1.165) is 23.3 Å². The second-order valence-electron chi connectivity index (χ2n) is 6.28. The Morgan fingerprint density at radius 1 is 1.04 bits per heavy atom. The van der Waals surface area contributed by atoms with Gasteiger partial charge in [-0.25, -0.2) is 4.99 Å². The number of guanidine groups is 1. The summed E-state index contributed by atoms with van der Waals surface area (Å²) in [5.74, 6) is 1.48. The predicted octanol–water partition coefficient (Wildman–Crippen LogP) is 2.68. The fourth-order valence-electron chi connectivity index (χ4n) is 2.47. The van der Waals surface area contributed by atoms with E-state index in [1.807, 2.05) is 54.6 Å². The van der Waals surface area contributed by atoms with E-state index < -0.39 is 0 Å². The van der Waals surface area contributed by atoms with Gasteiger partial charge in [-0.15, -0.1) is 24.0 Å². The van der Waals surface area contributed by atoms with Crippen LogP contribution in [0, 0.1) is 0 Å². The molecule has 7 heteroatoms. The van der Waals surface area contributed by atoms with Crippen molar-refractivity contribution >= 4 is 35.8 Å². The zero-order chi connectivity index (χ0) is 19.5. The Morgan fingerprint density at radius 3 is 2.39 bits per heavy atom. The molecule has 2 N–H and O–H groups in total. The molecule has 0 aliphatic carbocycles. The SMILES string of the molecule is COc1ccccc1CCNC(=NCc1ccccc1)NCC(=O)N(C)C.I. The third-order valence-electron chi connectivity index (χ3n) is 4.05. The number of hydrogen-bond donors (Lipinski definition) is 2. The molecule has 0 saturated carbocycles. The summed E-state index contributed by atoms with van der Waals surface area (Å²) in [5.41, 5.74) is 2.24. The van der Waals surface area contributed by atoms with Gasteiger partial charge in [-0.1, -0.05) is 48.5 Å². The molecule has 2 aromatic rings. The highest BCUT2D eigenvalue weighted by Crippen LogP contribution is 2.17. The number of likely N-dealkylation sites (N-methyl/N-ethyl adjacent to an activating group) is 1. The lowest BCUT2D eigenvalue weighted by Crippen LogP contribution is -2.43. The number of hydrogen-bond acceptors (Lipinski definition) is 3. The molecule has 0 aliphatic rings. The van der Waals surface area contributed by atoms with Crippen molar-refractivity contribution in [2.45, 2.75) is 13.0 Å².